The van der Waals surface area contributed by atoms with Crippen LogP contribution in [0.25, 0.3) is 0 Å². The van der Waals surface area contributed by atoms with Crippen LogP contribution in [0.3, 0.4) is 0 Å². The molecule has 7 heteroatoms. The van der Waals surface area contributed by atoms with Crippen molar-refractivity contribution in [3.8, 4) is 17.2 Å². The molecule has 0 aromatic heterocycles. The van der Waals surface area contributed by atoms with Gasteiger partial charge >= 0.3 is 0 Å². The molecule has 0 spiro atoms. The maximum Gasteiger partial charge on any atom is 0.264 e. The van der Waals surface area contributed by atoms with Crippen LogP contribution in [-0.2, 0) is 10.0 Å². The first-order valence-electron chi connectivity index (χ1n) is 6.90. The molecule has 0 saturated carbocycles. The van der Waals surface area contributed by atoms with E-state index in [0.717, 1.165) is 6.26 Å². The molecule has 6 nitrogen and oxygen atoms in total. The second-order valence-corrected chi connectivity index (χ2v) is 6.49. The van der Waals surface area contributed by atoms with Crippen LogP contribution in [0.2, 0.25) is 0 Å². The average Bonchev–Trinajstić information content (AvgIpc) is 2.47. The van der Waals surface area contributed by atoms with E-state index >= 15 is 0 Å². The molecular formula is C16H17NO5S. The fourth-order valence-corrected chi connectivity index (χ4v) is 2.29. The number of benzene rings is 2. The Balaban J connectivity index is 2.08. The lowest BCUT2D eigenvalue weighted by atomic mass is 10.2. The minimum atomic E-state index is -3.59. The quantitative estimate of drug-likeness (QED) is 0.877. The summed E-state index contributed by atoms with van der Waals surface area (Å²) in [5, 5.41) is 0. The van der Waals surface area contributed by atoms with E-state index in [-0.39, 0.29) is 5.56 Å². The highest BCUT2D eigenvalue weighted by atomic mass is 32.2. The van der Waals surface area contributed by atoms with Gasteiger partial charge in [0.15, 0.2) is 0 Å². The van der Waals surface area contributed by atoms with Gasteiger partial charge < -0.3 is 9.47 Å². The number of sulfonamides is 1. The minimum Gasteiger partial charge on any atom is -0.494 e. The third-order valence-electron chi connectivity index (χ3n) is 2.75. The van der Waals surface area contributed by atoms with Crippen molar-refractivity contribution in [1.29, 1.82) is 0 Å². The second kappa shape index (κ2) is 7.15. The van der Waals surface area contributed by atoms with Crippen molar-refractivity contribution < 1.29 is 22.7 Å². The van der Waals surface area contributed by atoms with Gasteiger partial charge in [-0.1, -0.05) is 6.07 Å². The minimum absolute atomic E-state index is 0.228. The Morgan fingerprint density at radius 2 is 1.70 bits per heavy atom. The highest BCUT2D eigenvalue weighted by Gasteiger charge is 2.11. The van der Waals surface area contributed by atoms with Crippen LogP contribution in [-0.4, -0.2) is 27.2 Å². The van der Waals surface area contributed by atoms with Gasteiger partial charge in [-0.05, 0) is 43.3 Å². The molecule has 0 fully saturated rings. The summed E-state index contributed by atoms with van der Waals surface area (Å²) in [4.78, 5) is 11.7. The summed E-state index contributed by atoms with van der Waals surface area (Å²) >= 11 is 0. The van der Waals surface area contributed by atoms with Gasteiger partial charge in [0.1, 0.15) is 17.2 Å². The normalized spacial score (nSPS) is 10.9. The first kappa shape index (κ1) is 16.8. The maximum atomic E-state index is 11.7. The molecule has 0 aliphatic rings. The molecule has 2 aromatic rings. The van der Waals surface area contributed by atoms with Crippen molar-refractivity contribution in [2.45, 2.75) is 6.92 Å². The molecular weight excluding hydrogens is 318 g/mol. The molecule has 0 aliphatic heterocycles. The number of nitrogens with one attached hydrogen (secondary N) is 1. The average molecular weight is 335 g/mol. The summed E-state index contributed by atoms with van der Waals surface area (Å²) < 4.78 is 35.0. The Morgan fingerprint density at radius 1 is 1.04 bits per heavy atom. The first-order valence-corrected chi connectivity index (χ1v) is 8.79. The number of carbonyl (C=O) groups is 1. The van der Waals surface area contributed by atoms with Crippen molar-refractivity contribution in [2.75, 3.05) is 12.9 Å². The number of rotatable bonds is 6. The van der Waals surface area contributed by atoms with Crippen LogP contribution >= 0.6 is 0 Å². The summed E-state index contributed by atoms with van der Waals surface area (Å²) in [6.45, 7) is 2.46. The smallest absolute Gasteiger partial charge is 0.264 e. The topological polar surface area (TPSA) is 81.7 Å². The lowest BCUT2D eigenvalue weighted by Crippen LogP contribution is -2.29. The summed E-state index contributed by atoms with van der Waals surface area (Å²) in [6.07, 6.45) is 0.924. The Kier molecular flexibility index (Phi) is 5.23. The highest BCUT2D eigenvalue weighted by Crippen LogP contribution is 2.25. The fourth-order valence-electron chi connectivity index (χ4n) is 1.83. The molecule has 0 heterocycles. The van der Waals surface area contributed by atoms with Crippen molar-refractivity contribution in [2.24, 2.45) is 0 Å². The van der Waals surface area contributed by atoms with Gasteiger partial charge in [0.2, 0.25) is 10.0 Å². The van der Waals surface area contributed by atoms with E-state index in [9.17, 15) is 13.2 Å². The van der Waals surface area contributed by atoms with Gasteiger partial charge in [-0.3, -0.25) is 4.79 Å². The molecule has 0 radical (unpaired) electrons. The van der Waals surface area contributed by atoms with Gasteiger partial charge in [0.25, 0.3) is 5.91 Å². The van der Waals surface area contributed by atoms with E-state index < -0.39 is 15.9 Å². The second-order valence-electron chi connectivity index (χ2n) is 4.74. The SMILES string of the molecule is CCOc1cccc(Oc2ccc(C(=O)NS(C)(=O)=O)cc2)c1. The molecule has 2 rings (SSSR count). The van der Waals surface area contributed by atoms with Crippen molar-refractivity contribution in [3.63, 3.8) is 0 Å². The standard InChI is InChI=1S/C16H17NO5S/c1-3-21-14-5-4-6-15(11-14)22-13-9-7-12(8-10-13)16(18)17-23(2,19)20/h4-11H,3H2,1-2H3,(H,17,18). The molecule has 0 saturated heterocycles. The molecule has 1 N–H and O–H groups in total. The fraction of sp³-hybridized carbons (Fsp3) is 0.188. The Hall–Kier alpha value is -2.54. The zero-order valence-corrected chi connectivity index (χ0v) is 13.6. The Morgan fingerprint density at radius 3 is 2.30 bits per heavy atom. The van der Waals surface area contributed by atoms with E-state index in [0.29, 0.717) is 23.9 Å². The number of hydrogen-bond donors (Lipinski definition) is 1. The zero-order valence-electron chi connectivity index (χ0n) is 12.8. The lowest BCUT2D eigenvalue weighted by Gasteiger charge is -2.09. The van der Waals surface area contributed by atoms with Crippen molar-refractivity contribution >= 4 is 15.9 Å². The van der Waals surface area contributed by atoms with Crippen LogP contribution < -0.4 is 14.2 Å². The highest BCUT2D eigenvalue weighted by molar-refractivity contribution is 7.89. The van der Waals surface area contributed by atoms with Gasteiger partial charge in [0.05, 0.1) is 12.9 Å². The molecule has 23 heavy (non-hydrogen) atoms. The summed E-state index contributed by atoms with van der Waals surface area (Å²) in [6, 6.07) is 13.3. The Labute approximate surface area is 135 Å². The van der Waals surface area contributed by atoms with E-state index in [2.05, 4.69) is 0 Å². The van der Waals surface area contributed by atoms with Crippen LogP contribution in [0.15, 0.2) is 48.5 Å². The number of amides is 1. The van der Waals surface area contributed by atoms with Crippen LogP contribution in [0.1, 0.15) is 17.3 Å². The third-order valence-corrected chi connectivity index (χ3v) is 3.30. The van der Waals surface area contributed by atoms with Crippen molar-refractivity contribution in [1.82, 2.24) is 4.72 Å². The van der Waals surface area contributed by atoms with Crippen LogP contribution in [0, 0.1) is 0 Å². The van der Waals surface area contributed by atoms with Gasteiger partial charge in [-0.25, -0.2) is 13.1 Å². The molecule has 0 aliphatic carbocycles. The van der Waals surface area contributed by atoms with Gasteiger partial charge in [-0.15, -0.1) is 0 Å². The van der Waals surface area contributed by atoms with E-state index in [1.807, 2.05) is 23.8 Å². The van der Waals surface area contributed by atoms with E-state index in [1.54, 1.807) is 24.3 Å². The van der Waals surface area contributed by atoms with Gasteiger partial charge in [-0.2, -0.15) is 0 Å². The summed E-state index contributed by atoms with van der Waals surface area (Å²) in [5.41, 5.74) is 0.228. The molecule has 0 bridgehead atoms. The van der Waals surface area contributed by atoms with E-state index in [1.165, 1.54) is 12.1 Å². The number of carbonyl (C=O) groups excluding carboxylic acids is 1. The van der Waals surface area contributed by atoms with Crippen molar-refractivity contribution in [3.05, 3.63) is 54.1 Å². The number of ether oxygens (including phenoxy) is 2. The predicted octanol–water partition coefficient (Wildman–Crippen LogP) is 2.57. The Bertz CT molecular complexity index is 784. The summed E-state index contributed by atoms with van der Waals surface area (Å²) in [5.74, 6) is 1.14. The monoisotopic (exact) mass is 335 g/mol. The third kappa shape index (κ3) is 5.30. The van der Waals surface area contributed by atoms with Gasteiger partial charge in [0, 0.05) is 11.6 Å². The first-order chi connectivity index (χ1) is 10.9. The van der Waals surface area contributed by atoms with E-state index in [4.69, 9.17) is 9.47 Å². The molecule has 0 unspecified atom stereocenters. The molecule has 2 aromatic carbocycles. The predicted molar refractivity (Wildman–Crippen MR) is 86.4 cm³/mol. The molecule has 122 valence electrons. The number of hydrogen-bond acceptors (Lipinski definition) is 5. The molecule has 0 atom stereocenters. The maximum absolute atomic E-state index is 11.7. The summed E-state index contributed by atoms with van der Waals surface area (Å²) in [7, 11) is -3.59. The van der Waals surface area contributed by atoms with Crippen LogP contribution in [0.4, 0.5) is 0 Å². The molecule has 1 amide bonds. The zero-order chi connectivity index (χ0) is 16.9. The lowest BCUT2D eigenvalue weighted by molar-refractivity contribution is 0.0981. The largest absolute Gasteiger partial charge is 0.494 e. The van der Waals surface area contributed by atoms with Crippen LogP contribution in [0.5, 0.6) is 17.2 Å².